The van der Waals surface area contributed by atoms with Crippen molar-refractivity contribution in [3.8, 4) is 17.1 Å². The van der Waals surface area contributed by atoms with Crippen LogP contribution in [0.25, 0.3) is 11.3 Å². The molecule has 0 aliphatic carbocycles. The van der Waals surface area contributed by atoms with Gasteiger partial charge in [-0.05, 0) is 30.3 Å². The fourth-order valence-corrected chi connectivity index (χ4v) is 2.02. The highest BCUT2D eigenvalue weighted by molar-refractivity contribution is 5.55. The second-order valence-electron chi connectivity index (χ2n) is 4.78. The lowest BCUT2D eigenvalue weighted by atomic mass is 10.2. The Morgan fingerprint density at radius 3 is 2.54 bits per heavy atom. The highest BCUT2D eigenvalue weighted by atomic mass is 19.1. The molecule has 122 valence electrons. The van der Waals surface area contributed by atoms with E-state index in [1.54, 1.807) is 0 Å². The number of ether oxygens (including phenoxy) is 1. The number of rotatable bonds is 5. The molecular weight excluding hydrogens is 322 g/mol. The Bertz CT molecular complexity index is 878. The summed E-state index contributed by atoms with van der Waals surface area (Å²) in [5.74, 6) is -0.716. The number of benzene rings is 2. The fraction of sp³-hybridized carbons (Fsp3) is 0.0625. The van der Waals surface area contributed by atoms with Gasteiger partial charge in [0, 0.05) is 17.7 Å². The molecule has 1 heterocycles. The maximum absolute atomic E-state index is 13.2. The Morgan fingerprint density at radius 1 is 1.12 bits per heavy atom. The standard InChI is InChI=1S/C16H10F2N2O4/c17-11-3-1-10(2-4-11)15-8-19-16(24-15)9-23-14-7-12(18)5-6-13(14)20(21)22/h1-8H,9H2. The summed E-state index contributed by atoms with van der Waals surface area (Å²) in [6, 6.07) is 8.53. The first-order valence-corrected chi connectivity index (χ1v) is 6.80. The first kappa shape index (κ1) is 15.6. The van der Waals surface area contributed by atoms with E-state index in [1.807, 2.05) is 0 Å². The number of oxazole rings is 1. The Labute approximate surface area is 134 Å². The summed E-state index contributed by atoms with van der Waals surface area (Å²) >= 11 is 0. The molecule has 0 fully saturated rings. The number of nitro benzene ring substituents is 1. The molecule has 0 saturated heterocycles. The Hall–Kier alpha value is -3.29. The minimum Gasteiger partial charge on any atom is -0.477 e. The van der Waals surface area contributed by atoms with Gasteiger partial charge < -0.3 is 9.15 Å². The van der Waals surface area contributed by atoms with Gasteiger partial charge in [-0.2, -0.15) is 0 Å². The van der Waals surface area contributed by atoms with Gasteiger partial charge in [-0.1, -0.05) is 0 Å². The first-order valence-electron chi connectivity index (χ1n) is 6.80. The number of aromatic nitrogens is 1. The zero-order chi connectivity index (χ0) is 17.1. The van der Waals surface area contributed by atoms with Gasteiger partial charge in [0.25, 0.3) is 0 Å². The van der Waals surface area contributed by atoms with Crippen molar-refractivity contribution in [2.24, 2.45) is 0 Å². The van der Waals surface area contributed by atoms with Gasteiger partial charge in [0.15, 0.2) is 12.4 Å². The molecule has 0 radical (unpaired) electrons. The predicted molar refractivity (Wildman–Crippen MR) is 79.3 cm³/mol. The molecule has 0 amide bonds. The lowest BCUT2D eigenvalue weighted by Crippen LogP contribution is -1.99. The van der Waals surface area contributed by atoms with Gasteiger partial charge in [-0.15, -0.1) is 0 Å². The topological polar surface area (TPSA) is 78.4 Å². The molecule has 24 heavy (non-hydrogen) atoms. The number of nitro groups is 1. The van der Waals surface area contributed by atoms with Crippen molar-refractivity contribution in [3.05, 3.63) is 76.3 Å². The summed E-state index contributed by atoms with van der Waals surface area (Å²) in [4.78, 5) is 14.2. The van der Waals surface area contributed by atoms with E-state index in [1.165, 1.54) is 30.5 Å². The monoisotopic (exact) mass is 332 g/mol. The summed E-state index contributed by atoms with van der Waals surface area (Å²) in [6.45, 7) is -0.217. The van der Waals surface area contributed by atoms with Gasteiger partial charge in [-0.3, -0.25) is 10.1 Å². The van der Waals surface area contributed by atoms with Crippen LogP contribution in [-0.4, -0.2) is 9.91 Å². The predicted octanol–water partition coefficient (Wildman–Crippen LogP) is 4.11. The van der Waals surface area contributed by atoms with Gasteiger partial charge in [0.05, 0.1) is 11.1 Å². The van der Waals surface area contributed by atoms with Crippen molar-refractivity contribution in [2.75, 3.05) is 0 Å². The van der Waals surface area contributed by atoms with Crippen molar-refractivity contribution in [1.82, 2.24) is 4.98 Å². The van der Waals surface area contributed by atoms with Crippen molar-refractivity contribution in [1.29, 1.82) is 0 Å². The number of halogens is 2. The molecule has 3 aromatic rings. The van der Waals surface area contributed by atoms with Crippen LogP contribution in [0.5, 0.6) is 5.75 Å². The lowest BCUT2D eigenvalue weighted by Gasteiger charge is -2.04. The zero-order valence-corrected chi connectivity index (χ0v) is 12.1. The van der Waals surface area contributed by atoms with Gasteiger partial charge >= 0.3 is 5.69 Å². The summed E-state index contributed by atoms with van der Waals surface area (Å²) in [7, 11) is 0. The van der Waals surface area contributed by atoms with Gasteiger partial charge in [0.2, 0.25) is 11.6 Å². The third-order valence-electron chi connectivity index (χ3n) is 3.15. The maximum atomic E-state index is 13.2. The average molecular weight is 332 g/mol. The number of nitrogens with zero attached hydrogens (tertiary/aromatic N) is 2. The summed E-state index contributed by atoms with van der Waals surface area (Å²) < 4.78 is 36.8. The molecule has 0 N–H and O–H groups in total. The van der Waals surface area contributed by atoms with E-state index in [-0.39, 0.29) is 29.8 Å². The van der Waals surface area contributed by atoms with Crippen LogP contribution in [0, 0.1) is 21.7 Å². The van der Waals surface area contributed by atoms with Gasteiger partial charge in [0.1, 0.15) is 11.6 Å². The molecule has 0 spiro atoms. The molecule has 0 saturated carbocycles. The quantitative estimate of drug-likeness (QED) is 0.519. The summed E-state index contributed by atoms with van der Waals surface area (Å²) in [6.07, 6.45) is 1.42. The minimum absolute atomic E-state index is 0.146. The van der Waals surface area contributed by atoms with Crippen LogP contribution in [0.3, 0.4) is 0 Å². The van der Waals surface area contributed by atoms with Crippen molar-refractivity contribution >= 4 is 5.69 Å². The highest BCUT2D eigenvalue weighted by Gasteiger charge is 2.17. The SMILES string of the molecule is O=[N+]([O-])c1ccc(F)cc1OCc1ncc(-c2ccc(F)cc2)o1. The van der Waals surface area contributed by atoms with Crippen LogP contribution < -0.4 is 4.74 Å². The molecule has 3 rings (SSSR count). The smallest absolute Gasteiger partial charge is 0.311 e. The van der Waals surface area contributed by atoms with Gasteiger partial charge in [-0.25, -0.2) is 13.8 Å². The molecule has 0 atom stereocenters. The van der Waals surface area contributed by atoms with E-state index in [0.717, 1.165) is 18.2 Å². The Morgan fingerprint density at radius 2 is 1.83 bits per heavy atom. The molecule has 0 bridgehead atoms. The molecule has 2 aromatic carbocycles. The first-order chi connectivity index (χ1) is 11.5. The third kappa shape index (κ3) is 3.37. The molecular formula is C16H10F2N2O4. The van der Waals surface area contributed by atoms with Crippen LogP contribution >= 0.6 is 0 Å². The lowest BCUT2D eigenvalue weighted by molar-refractivity contribution is -0.386. The summed E-state index contributed by atoms with van der Waals surface area (Å²) in [5, 5.41) is 10.9. The van der Waals surface area contributed by atoms with Crippen molar-refractivity contribution < 1.29 is 22.9 Å². The summed E-state index contributed by atoms with van der Waals surface area (Å²) in [5.41, 5.74) is 0.258. The van der Waals surface area contributed by atoms with Crippen LogP contribution in [0.2, 0.25) is 0 Å². The molecule has 1 aromatic heterocycles. The van der Waals surface area contributed by atoms with E-state index in [9.17, 15) is 18.9 Å². The number of hydrogen-bond donors (Lipinski definition) is 0. The fourth-order valence-electron chi connectivity index (χ4n) is 2.02. The van der Waals surface area contributed by atoms with E-state index < -0.39 is 10.7 Å². The van der Waals surface area contributed by atoms with E-state index in [4.69, 9.17) is 9.15 Å². The third-order valence-corrected chi connectivity index (χ3v) is 3.15. The average Bonchev–Trinajstić information content (AvgIpc) is 3.02. The Balaban J connectivity index is 1.75. The van der Waals surface area contributed by atoms with E-state index >= 15 is 0 Å². The van der Waals surface area contributed by atoms with Crippen LogP contribution in [0.1, 0.15) is 5.89 Å². The zero-order valence-electron chi connectivity index (χ0n) is 12.1. The van der Waals surface area contributed by atoms with Crippen LogP contribution in [-0.2, 0) is 6.61 Å². The Kier molecular flexibility index (Phi) is 4.19. The normalized spacial score (nSPS) is 10.6. The largest absolute Gasteiger partial charge is 0.477 e. The second kappa shape index (κ2) is 6.45. The van der Waals surface area contributed by atoms with Crippen molar-refractivity contribution in [2.45, 2.75) is 6.61 Å². The van der Waals surface area contributed by atoms with E-state index in [0.29, 0.717) is 11.3 Å². The highest BCUT2D eigenvalue weighted by Crippen LogP contribution is 2.28. The number of hydrogen-bond acceptors (Lipinski definition) is 5. The molecule has 0 unspecified atom stereocenters. The molecule has 0 aliphatic heterocycles. The van der Waals surface area contributed by atoms with Crippen molar-refractivity contribution in [3.63, 3.8) is 0 Å². The van der Waals surface area contributed by atoms with Crippen LogP contribution in [0.4, 0.5) is 14.5 Å². The maximum Gasteiger partial charge on any atom is 0.311 e. The molecule has 0 aliphatic rings. The van der Waals surface area contributed by atoms with Crippen LogP contribution in [0.15, 0.2) is 53.1 Å². The van der Waals surface area contributed by atoms with E-state index in [2.05, 4.69) is 4.98 Å². The second-order valence-corrected chi connectivity index (χ2v) is 4.78. The molecule has 8 heteroatoms. The minimum atomic E-state index is -0.672. The molecule has 6 nitrogen and oxygen atoms in total.